The van der Waals surface area contributed by atoms with Gasteiger partial charge in [0.15, 0.2) is 0 Å². The Morgan fingerprint density at radius 2 is 1.82 bits per heavy atom. The normalized spacial score (nSPS) is 14.6. The van der Waals surface area contributed by atoms with Crippen LogP contribution in [0.2, 0.25) is 0 Å². The van der Waals surface area contributed by atoms with Crippen molar-refractivity contribution in [2.45, 2.75) is 45.4 Å². The minimum atomic E-state index is 0.659. The number of allylic oxidation sites excluding steroid dienone is 3. The second kappa shape index (κ2) is 7.89. The zero-order chi connectivity index (χ0) is 12.5. The van der Waals surface area contributed by atoms with Crippen molar-refractivity contribution < 1.29 is 0 Å². The molecule has 0 unspecified atom stereocenters. The van der Waals surface area contributed by atoms with Crippen molar-refractivity contribution in [3.05, 3.63) is 60.2 Å². The van der Waals surface area contributed by atoms with Crippen molar-refractivity contribution in [2.24, 2.45) is 0 Å². The third-order valence-electron chi connectivity index (χ3n) is 3.05. The van der Waals surface area contributed by atoms with Crippen LogP contribution in [0.4, 0.5) is 0 Å². The van der Waals surface area contributed by atoms with Crippen molar-refractivity contribution >= 4 is 0 Å². The highest BCUT2D eigenvalue weighted by Crippen LogP contribution is 2.17. The van der Waals surface area contributed by atoms with Gasteiger partial charge in [0.25, 0.3) is 0 Å². The fourth-order valence-corrected chi connectivity index (χ4v) is 1.89. The van der Waals surface area contributed by atoms with E-state index >= 15 is 0 Å². The SMILES string of the molecule is C=CC1=CCCCC1.CC(C)c1ccccc1. The molecule has 17 heavy (non-hydrogen) atoms. The van der Waals surface area contributed by atoms with E-state index in [1.165, 1.54) is 36.8 Å². The largest absolute Gasteiger partial charge is 0.0988 e. The maximum Gasteiger partial charge on any atom is -0.0219 e. The summed E-state index contributed by atoms with van der Waals surface area (Å²) in [6, 6.07) is 10.5. The first-order chi connectivity index (χ1) is 8.24. The third-order valence-corrected chi connectivity index (χ3v) is 3.05. The Balaban J connectivity index is 0.000000171. The van der Waals surface area contributed by atoms with Gasteiger partial charge in [-0.3, -0.25) is 0 Å². The van der Waals surface area contributed by atoms with E-state index in [0.29, 0.717) is 5.92 Å². The second-order valence-corrected chi connectivity index (χ2v) is 4.79. The van der Waals surface area contributed by atoms with Gasteiger partial charge in [-0.1, -0.05) is 68.5 Å². The molecule has 0 saturated heterocycles. The smallest absolute Gasteiger partial charge is 0.0219 e. The Bertz CT molecular complexity index is 344. The van der Waals surface area contributed by atoms with Crippen LogP contribution in [0.5, 0.6) is 0 Å². The lowest BCUT2D eigenvalue weighted by atomic mass is 10.0. The van der Waals surface area contributed by atoms with Crippen LogP contribution in [0, 0.1) is 0 Å². The van der Waals surface area contributed by atoms with Crippen LogP contribution in [-0.4, -0.2) is 0 Å². The molecule has 1 aliphatic carbocycles. The fraction of sp³-hybridized carbons (Fsp3) is 0.412. The van der Waals surface area contributed by atoms with Crippen molar-refractivity contribution in [1.29, 1.82) is 0 Å². The highest BCUT2D eigenvalue weighted by molar-refractivity contribution is 5.18. The summed E-state index contributed by atoms with van der Waals surface area (Å²) in [7, 11) is 0. The van der Waals surface area contributed by atoms with Gasteiger partial charge in [0.2, 0.25) is 0 Å². The first-order valence-electron chi connectivity index (χ1n) is 6.60. The van der Waals surface area contributed by atoms with E-state index in [0.717, 1.165) is 0 Å². The van der Waals surface area contributed by atoms with Crippen molar-refractivity contribution in [1.82, 2.24) is 0 Å². The molecule has 92 valence electrons. The van der Waals surface area contributed by atoms with Gasteiger partial charge in [-0.05, 0) is 37.2 Å². The van der Waals surface area contributed by atoms with Gasteiger partial charge in [-0.25, -0.2) is 0 Å². The maximum absolute atomic E-state index is 3.72. The molecule has 0 aromatic heterocycles. The van der Waals surface area contributed by atoms with E-state index in [-0.39, 0.29) is 0 Å². The van der Waals surface area contributed by atoms with Crippen LogP contribution < -0.4 is 0 Å². The molecule has 0 fully saturated rings. The first kappa shape index (κ1) is 13.8. The molecular formula is C17H24. The number of benzene rings is 1. The number of hydrogen-bond acceptors (Lipinski definition) is 0. The van der Waals surface area contributed by atoms with Crippen LogP contribution in [0.3, 0.4) is 0 Å². The summed E-state index contributed by atoms with van der Waals surface area (Å²) >= 11 is 0. The Morgan fingerprint density at radius 3 is 2.18 bits per heavy atom. The zero-order valence-electron chi connectivity index (χ0n) is 11.2. The fourth-order valence-electron chi connectivity index (χ4n) is 1.89. The average molecular weight is 228 g/mol. The van der Waals surface area contributed by atoms with E-state index in [9.17, 15) is 0 Å². The Morgan fingerprint density at radius 1 is 1.12 bits per heavy atom. The van der Waals surface area contributed by atoms with Crippen LogP contribution in [0.15, 0.2) is 54.6 Å². The lowest BCUT2D eigenvalue weighted by molar-refractivity contribution is 0.712. The molecule has 0 aliphatic heterocycles. The van der Waals surface area contributed by atoms with Gasteiger partial charge in [0.05, 0.1) is 0 Å². The molecule has 0 atom stereocenters. The first-order valence-corrected chi connectivity index (χ1v) is 6.60. The second-order valence-electron chi connectivity index (χ2n) is 4.79. The van der Waals surface area contributed by atoms with Crippen LogP contribution in [-0.2, 0) is 0 Å². The summed E-state index contributed by atoms with van der Waals surface area (Å²) < 4.78 is 0. The summed E-state index contributed by atoms with van der Waals surface area (Å²) in [6.07, 6.45) is 9.51. The molecule has 1 aliphatic rings. The molecular weight excluding hydrogens is 204 g/mol. The topological polar surface area (TPSA) is 0 Å². The highest BCUT2D eigenvalue weighted by atomic mass is 14.0. The lowest BCUT2D eigenvalue weighted by Gasteiger charge is -2.06. The van der Waals surface area contributed by atoms with Gasteiger partial charge >= 0.3 is 0 Å². The molecule has 0 N–H and O–H groups in total. The van der Waals surface area contributed by atoms with Crippen LogP contribution in [0.25, 0.3) is 0 Å². The molecule has 0 bridgehead atoms. The van der Waals surface area contributed by atoms with E-state index in [1.54, 1.807) is 0 Å². The molecule has 0 amide bonds. The van der Waals surface area contributed by atoms with Gasteiger partial charge in [-0.2, -0.15) is 0 Å². The summed E-state index contributed by atoms with van der Waals surface area (Å²) in [6.45, 7) is 8.12. The minimum absolute atomic E-state index is 0.659. The molecule has 1 aromatic rings. The van der Waals surface area contributed by atoms with Crippen molar-refractivity contribution in [3.8, 4) is 0 Å². The van der Waals surface area contributed by atoms with E-state index in [4.69, 9.17) is 0 Å². The predicted molar refractivity (Wildman–Crippen MR) is 77.3 cm³/mol. The van der Waals surface area contributed by atoms with Gasteiger partial charge < -0.3 is 0 Å². The quantitative estimate of drug-likeness (QED) is 0.628. The Hall–Kier alpha value is -1.30. The van der Waals surface area contributed by atoms with Crippen molar-refractivity contribution in [3.63, 3.8) is 0 Å². The molecule has 0 saturated carbocycles. The molecule has 0 heterocycles. The molecule has 2 rings (SSSR count). The summed E-state index contributed by atoms with van der Waals surface area (Å²) in [5.41, 5.74) is 2.86. The molecule has 0 radical (unpaired) electrons. The monoisotopic (exact) mass is 228 g/mol. The molecule has 1 aromatic carbocycles. The summed E-state index contributed by atoms with van der Waals surface area (Å²) in [5, 5.41) is 0. The molecule has 0 nitrogen and oxygen atoms in total. The van der Waals surface area contributed by atoms with Crippen LogP contribution >= 0.6 is 0 Å². The zero-order valence-corrected chi connectivity index (χ0v) is 11.2. The highest BCUT2D eigenvalue weighted by Gasteiger charge is 1.97. The number of hydrogen-bond donors (Lipinski definition) is 0. The van der Waals surface area contributed by atoms with Gasteiger partial charge in [-0.15, -0.1) is 0 Å². The summed E-state index contributed by atoms with van der Waals surface area (Å²) in [4.78, 5) is 0. The van der Waals surface area contributed by atoms with Gasteiger partial charge in [0.1, 0.15) is 0 Å². The van der Waals surface area contributed by atoms with E-state index in [1.807, 2.05) is 12.1 Å². The maximum atomic E-state index is 3.72. The van der Waals surface area contributed by atoms with E-state index < -0.39 is 0 Å². The number of rotatable bonds is 2. The van der Waals surface area contributed by atoms with Crippen LogP contribution in [0.1, 0.15) is 51.0 Å². The molecule has 0 spiro atoms. The predicted octanol–water partition coefficient (Wildman–Crippen LogP) is 5.48. The average Bonchev–Trinajstić information content (AvgIpc) is 2.41. The Kier molecular flexibility index (Phi) is 6.39. The Labute approximate surface area is 106 Å². The minimum Gasteiger partial charge on any atom is -0.0988 e. The van der Waals surface area contributed by atoms with Crippen molar-refractivity contribution in [2.75, 3.05) is 0 Å². The lowest BCUT2D eigenvalue weighted by Crippen LogP contribution is -1.86. The van der Waals surface area contributed by atoms with E-state index in [2.05, 4.69) is 50.8 Å². The van der Waals surface area contributed by atoms with Gasteiger partial charge in [0, 0.05) is 0 Å². The summed E-state index contributed by atoms with van der Waals surface area (Å²) in [5.74, 6) is 0.659. The standard InChI is InChI=1S/C9H12.C8H12/c1-8(2)9-6-4-3-5-7-9;1-2-8-6-4-3-5-7-8/h3-8H,1-2H3;2,6H,1,3-5,7H2. The third kappa shape index (κ3) is 5.53. The molecule has 0 heteroatoms.